The van der Waals surface area contributed by atoms with E-state index in [9.17, 15) is 0 Å². The second-order valence-electron chi connectivity index (χ2n) is 3.81. The van der Waals surface area contributed by atoms with E-state index in [0.717, 1.165) is 17.6 Å². The fourth-order valence-electron chi connectivity index (χ4n) is 2.17. The van der Waals surface area contributed by atoms with Gasteiger partial charge in [0.25, 0.3) is 0 Å². The van der Waals surface area contributed by atoms with Gasteiger partial charge in [-0.2, -0.15) is 11.8 Å². The highest BCUT2D eigenvalue weighted by molar-refractivity contribution is 8.00. The van der Waals surface area contributed by atoms with Crippen molar-refractivity contribution < 1.29 is 0 Å². The van der Waals surface area contributed by atoms with Crippen LogP contribution in [-0.4, -0.2) is 33.8 Å². The summed E-state index contributed by atoms with van der Waals surface area (Å²) in [6.07, 6.45) is 1.30. The van der Waals surface area contributed by atoms with E-state index in [-0.39, 0.29) is 0 Å². The predicted molar refractivity (Wildman–Crippen MR) is 58.4 cm³/mol. The zero-order chi connectivity index (χ0) is 9.54. The molecule has 14 heavy (non-hydrogen) atoms. The van der Waals surface area contributed by atoms with Crippen molar-refractivity contribution in [3.63, 3.8) is 0 Å². The van der Waals surface area contributed by atoms with Crippen LogP contribution in [0.3, 0.4) is 0 Å². The van der Waals surface area contributed by atoms with Crippen LogP contribution in [0, 0.1) is 0 Å². The fraction of sp³-hybridized carbons (Fsp3) is 0.556. The SMILES string of the molecule is Nc1ccc(N2CC3CC2CS3)nn1. The quantitative estimate of drug-likeness (QED) is 0.738. The largest absolute Gasteiger partial charge is 0.382 e. The Kier molecular flexibility index (Phi) is 1.80. The van der Waals surface area contributed by atoms with Crippen LogP contribution in [0.4, 0.5) is 11.6 Å². The summed E-state index contributed by atoms with van der Waals surface area (Å²) in [5.74, 6) is 2.70. The van der Waals surface area contributed by atoms with Gasteiger partial charge in [-0.15, -0.1) is 10.2 Å². The molecule has 0 spiro atoms. The van der Waals surface area contributed by atoms with E-state index >= 15 is 0 Å². The van der Waals surface area contributed by atoms with Gasteiger partial charge in [0.15, 0.2) is 5.82 Å². The highest BCUT2D eigenvalue weighted by Gasteiger charge is 2.39. The molecule has 0 radical (unpaired) electrons. The average Bonchev–Trinajstić information content (AvgIpc) is 2.80. The molecule has 2 aliphatic heterocycles. The molecule has 2 bridgehead atoms. The lowest BCUT2D eigenvalue weighted by Gasteiger charge is -2.26. The maximum Gasteiger partial charge on any atom is 0.151 e. The van der Waals surface area contributed by atoms with Crippen molar-refractivity contribution in [3.05, 3.63) is 12.1 Å². The van der Waals surface area contributed by atoms with Crippen molar-refractivity contribution in [1.29, 1.82) is 0 Å². The molecule has 2 N–H and O–H groups in total. The van der Waals surface area contributed by atoms with Crippen LogP contribution in [0.2, 0.25) is 0 Å². The van der Waals surface area contributed by atoms with E-state index in [0.29, 0.717) is 11.9 Å². The van der Waals surface area contributed by atoms with E-state index in [1.54, 1.807) is 0 Å². The van der Waals surface area contributed by atoms with Gasteiger partial charge in [-0.3, -0.25) is 0 Å². The Labute approximate surface area is 86.9 Å². The van der Waals surface area contributed by atoms with Gasteiger partial charge in [0.05, 0.1) is 0 Å². The summed E-state index contributed by atoms with van der Waals surface area (Å²) < 4.78 is 0. The molecule has 2 atom stereocenters. The third-order valence-electron chi connectivity index (χ3n) is 2.87. The molecule has 0 saturated carbocycles. The molecule has 3 heterocycles. The van der Waals surface area contributed by atoms with Gasteiger partial charge in [-0.25, -0.2) is 0 Å². The van der Waals surface area contributed by atoms with E-state index in [1.807, 2.05) is 12.1 Å². The lowest BCUT2D eigenvalue weighted by molar-refractivity contribution is 0.744. The third kappa shape index (κ3) is 1.23. The number of anilines is 2. The zero-order valence-corrected chi connectivity index (χ0v) is 8.57. The van der Waals surface area contributed by atoms with Crippen molar-refractivity contribution in [3.8, 4) is 0 Å². The molecule has 2 unspecified atom stereocenters. The summed E-state index contributed by atoms with van der Waals surface area (Å²) in [7, 11) is 0. The zero-order valence-electron chi connectivity index (χ0n) is 7.76. The number of hydrogen-bond acceptors (Lipinski definition) is 5. The van der Waals surface area contributed by atoms with Crippen molar-refractivity contribution >= 4 is 23.4 Å². The number of nitrogens with zero attached hydrogens (tertiary/aromatic N) is 3. The normalized spacial score (nSPS) is 29.9. The molecule has 5 heteroatoms. The lowest BCUT2D eigenvalue weighted by Crippen LogP contribution is -2.34. The Bertz CT molecular complexity index is 339. The summed E-state index contributed by atoms with van der Waals surface area (Å²) in [4.78, 5) is 2.35. The maximum absolute atomic E-state index is 5.51. The van der Waals surface area contributed by atoms with Gasteiger partial charge >= 0.3 is 0 Å². The Balaban J connectivity index is 1.86. The van der Waals surface area contributed by atoms with E-state index in [4.69, 9.17) is 5.73 Å². The van der Waals surface area contributed by atoms with Crippen LogP contribution in [0.5, 0.6) is 0 Å². The van der Waals surface area contributed by atoms with Gasteiger partial charge in [0, 0.05) is 23.6 Å². The number of fused-ring (bicyclic) bond motifs is 2. The first kappa shape index (κ1) is 8.35. The standard InChI is InChI=1S/C9H12N4S/c10-8-1-2-9(12-11-8)13-4-7-3-6(13)5-14-7/h1-2,6-7H,3-5H2,(H2,10,11). The summed E-state index contributed by atoms with van der Waals surface area (Å²) in [5, 5.41) is 8.81. The topological polar surface area (TPSA) is 55.0 Å². The van der Waals surface area contributed by atoms with E-state index in [1.165, 1.54) is 12.2 Å². The molecule has 2 saturated heterocycles. The fourth-order valence-corrected chi connectivity index (χ4v) is 3.60. The van der Waals surface area contributed by atoms with Crippen molar-refractivity contribution in [2.75, 3.05) is 22.9 Å². The number of thioether (sulfide) groups is 1. The average molecular weight is 208 g/mol. The third-order valence-corrected chi connectivity index (χ3v) is 4.26. The van der Waals surface area contributed by atoms with Crippen LogP contribution in [-0.2, 0) is 0 Å². The smallest absolute Gasteiger partial charge is 0.151 e. The molecule has 4 nitrogen and oxygen atoms in total. The molecule has 2 aliphatic rings. The van der Waals surface area contributed by atoms with E-state index in [2.05, 4.69) is 26.9 Å². The molecule has 3 rings (SSSR count). The Morgan fingerprint density at radius 1 is 1.43 bits per heavy atom. The van der Waals surface area contributed by atoms with Crippen molar-refractivity contribution in [2.45, 2.75) is 17.7 Å². The minimum atomic E-state index is 0.493. The molecule has 2 fully saturated rings. The number of aromatic nitrogens is 2. The van der Waals surface area contributed by atoms with Gasteiger partial charge in [0.2, 0.25) is 0 Å². The Morgan fingerprint density at radius 3 is 2.93 bits per heavy atom. The van der Waals surface area contributed by atoms with Gasteiger partial charge in [-0.1, -0.05) is 0 Å². The maximum atomic E-state index is 5.51. The number of rotatable bonds is 1. The monoisotopic (exact) mass is 208 g/mol. The Morgan fingerprint density at radius 2 is 2.36 bits per heavy atom. The number of hydrogen-bond donors (Lipinski definition) is 1. The summed E-state index contributed by atoms with van der Waals surface area (Å²) in [6.45, 7) is 1.12. The van der Waals surface area contributed by atoms with Crippen molar-refractivity contribution in [2.24, 2.45) is 0 Å². The van der Waals surface area contributed by atoms with Crippen LogP contribution >= 0.6 is 11.8 Å². The summed E-state index contributed by atoms with van der Waals surface area (Å²) >= 11 is 2.08. The highest BCUT2D eigenvalue weighted by Crippen LogP contribution is 2.39. The summed E-state index contributed by atoms with van der Waals surface area (Å²) in [6, 6.07) is 4.46. The van der Waals surface area contributed by atoms with Crippen LogP contribution in [0.1, 0.15) is 6.42 Å². The van der Waals surface area contributed by atoms with Crippen LogP contribution < -0.4 is 10.6 Å². The highest BCUT2D eigenvalue weighted by atomic mass is 32.2. The first-order chi connectivity index (χ1) is 6.83. The second-order valence-corrected chi connectivity index (χ2v) is 5.15. The first-order valence-electron chi connectivity index (χ1n) is 4.80. The molecule has 0 amide bonds. The molecule has 1 aromatic rings. The van der Waals surface area contributed by atoms with Crippen molar-refractivity contribution in [1.82, 2.24) is 10.2 Å². The van der Waals surface area contributed by atoms with Gasteiger partial charge < -0.3 is 10.6 Å². The minimum absolute atomic E-state index is 0.493. The van der Waals surface area contributed by atoms with Gasteiger partial charge in [0.1, 0.15) is 5.82 Å². The number of nitrogens with two attached hydrogens (primary N) is 1. The Hall–Kier alpha value is -0.970. The molecule has 74 valence electrons. The minimum Gasteiger partial charge on any atom is -0.382 e. The number of nitrogen functional groups attached to an aromatic ring is 1. The van der Waals surface area contributed by atoms with E-state index < -0.39 is 0 Å². The molecular formula is C9H12N4S. The molecule has 1 aromatic heterocycles. The van der Waals surface area contributed by atoms with Crippen LogP contribution in [0.25, 0.3) is 0 Å². The second kappa shape index (κ2) is 3.02. The first-order valence-corrected chi connectivity index (χ1v) is 5.85. The molecular weight excluding hydrogens is 196 g/mol. The van der Waals surface area contributed by atoms with Crippen LogP contribution in [0.15, 0.2) is 12.1 Å². The lowest BCUT2D eigenvalue weighted by atomic mass is 10.2. The predicted octanol–water partition coefficient (Wildman–Crippen LogP) is 0.753. The molecule has 0 aromatic carbocycles. The van der Waals surface area contributed by atoms with Gasteiger partial charge in [-0.05, 0) is 18.6 Å². The molecule has 0 aliphatic carbocycles. The summed E-state index contributed by atoms with van der Waals surface area (Å²) in [5.41, 5.74) is 5.51.